The summed E-state index contributed by atoms with van der Waals surface area (Å²) < 4.78 is 11.9. The molecule has 152 valence electrons. The van der Waals surface area contributed by atoms with E-state index in [9.17, 15) is 4.79 Å². The lowest BCUT2D eigenvalue weighted by Crippen LogP contribution is -2.43. The predicted molar refractivity (Wildman–Crippen MR) is 116 cm³/mol. The van der Waals surface area contributed by atoms with E-state index in [1.807, 2.05) is 51.1 Å². The van der Waals surface area contributed by atoms with Crippen LogP contribution in [0.1, 0.15) is 44.9 Å². The summed E-state index contributed by atoms with van der Waals surface area (Å²) >= 11 is 3.54. The van der Waals surface area contributed by atoms with Gasteiger partial charge in [-0.3, -0.25) is 4.79 Å². The molecular weight excluding hydrogens is 420 g/mol. The van der Waals surface area contributed by atoms with E-state index in [2.05, 4.69) is 45.6 Å². The lowest BCUT2D eigenvalue weighted by Gasteiger charge is -2.21. The third-order valence-corrected chi connectivity index (χ3v) is 4.65. The summed E-state index contributed by atoms with van der Waals surface area (Å²) in [5.41, 5.74) is 1.99. The second-order valence-corrected chi connectivity index (χ2v) is 8.56. The predicted octanol–water partition coefficient (Wildman–Crippen LogP) is 4.60. The van der Waals surface area contributed by atoms with Gasteiger partial charge in [-0.2, -0.15) is 0 Å². The van der Waals surface area contributed by atoms with Crippen LogP contribution in [0, 0.1) is 0 Å². The highest BCUT2D eigenvalue weighted by Gasteiger charge is 2.17. The fourth-order valence-electron chi connectivity index (χ4n) is 2.74. The number of carbonyl (C=O) groups excluding carboxylic acids is 1. The highest BCUT2D eigenvalue weighted by molar-refractivity contribution is 9.10. The maximum absolute atomic E-state index is 12.0. The highest BCUT2D eigenvalue weighted by Crippen LogP contribution is 2.36. The first kappa shape index (κ1) is 22.2. The molecule has 2 N–H and O–H groups in total. The van der Waals surface area contributed by atoms with Gasteiger partial charge in [0.25, 0.3) is 5.91 Å². The maximum atomic E-state index is 12.0. The Bertz CT molecular complexity index is 788. The van der Waals surface area contributed by atoms with Gasteiger partial charge < -0.3 is 20.1 Å². The summed E-state index contributed by atoms with van der Waals surface area (Å²) in [6, 6.07) is 14.4. The van der Waals surface area contributed by atoms with Crippen LogP contribution in [0.5, 0.6) is 11.5 Å². The monoisotopic (exact) mass is 448 g/mol. The number of halogens is 1. The van der Waals surface area contributed by atoms with Crippen molar-refractivity contribution in [1.82, 2.24) is 10.6 Å². The molecule has 0 saturated heterocycles. The third kappa shape index (κ3) is 6.84. The second-order valence-electron chi connectivity index (χ2n) is 7.71. The number of hydrogen-bond acceptors (Lipinski definition) is 4. The molecular formula is C22H29BrN2O3. The quantitative estimate of drug-likeness (QED) is 0.619. The highest BCUT2D eigenvalue weighted by atomic mass is 79.9. The summed E-state index contributed by atoms with van der Waals surface area (Å²) in [7, 11) is 1.59. The molecule has 0 bridgehead atoms. The minimum atomic E-state index is -0.299. The Morgan fingerprint density at radius 1 is 1.18 bits per heavy atom. The van der Waals surface area contributed by atoms with Crippen molar-refractivity contribution in [3.8, 4) is 11.5 Å². The Morgan fingerprint density at radius 3 is 2.46 bits per heavy atom. The molecule has 0 aliphatic heterocycles. The minimum Gasteiger partial charge on any atom is -0.493 e. The van der Waals surface area contributed by atoms with E-state index in [0.717, 1.165) is 10.0 Å². The number of rotatable bonds is 8. The summed E-state index contributed by atoms with van der Waals surface area (Å²) in [4.78, 5) is 12.0. The van der Waals surface area contributed by atoms with Gasteiger partial charge in [-0.25, -0.2) is 0 Å². The first-order chi connectivity index (χ1) is 13.2. The van der Waals surface area contributed by atoms with Gasteiger partial charge in [0.15, 0.2) is 18.1 Å². The average Bonchev–Trinajstić information content (AvgIpc) is 2.64. The van der Waals surface area contributed by atoms with E-state index in [4.69, 9.17) is 9.47 Å². The van der Waals surface area contributed by atoms with Gasteiger partial charge in [-0.15, -0.1) is 0 Å². The Labute approximate surface area is 175 Å². The Balaban J connectivity index is 2.03. The van der Waals surface area contributed by atoms with Crippen LogP contribution in [-0.4, -0.2) is 25.2 Å². The van der Waals surface area contributed by atoms with Gasteiger partial charge in [-0.1, -0.05) is 30.3 Å². The fraction of sp³-hybridized carbons (Fsp3) is 0.409. The van der Waals surface area contributed by atoms with Crippen molar-refractivity contribution < 1.29 is 14.3 Å². The number of methoxy groups -OCH3 is 1. The fourth-order valence-corrected chi connectivity index (χ4v) is 3.34. The molecule has 5 nitrogen and oxygen atoms in total. The number of hydrogen-bond donors (Lipinski definition) is 2. The molecule has 1 atom stereocenters. The molecule has 2 aromatic carbocycles. The van der Waals surface area contributed by atoms with Crippen molar-refractivity contribution in [2.75, 3.05) is 13.7 Å². The van der Waals surface area contributed by atoms with E-state index in [0.29, 0.717) is 18.0 Å². The van der Waals surface area contributed by atoms with Crippen molar-refractivity contribution in [1.29, 1.82) is 0 Å². The number of carbonyl (C=O) groups is 1. The summed E-state index contributed by atoms with van der Waals surface area (Å²) in [5.74, 6) is 0.928. The van der Waals surface area contributed by atoms with Crippen LogP contribution in [0.2, 0.25) is 0 Å². The lowest BCUT2D eigenvalue weighted by atomic mass is 10.1. The molecule has 2 rings (SSSR count). The van der Waals surface area contributed by atoms with Crippen molar-refractivity contribution in [2.24, 2.45) is 0 Å². The molecule has 28 heavy (non-hydrogen) atoms. The van der Waals surface area contributed by atoms with Crippen LogP contribution in [0.4, 0.5) is 0 Å². The van der Waals surface area contributed by atoms with Crippen LogP contribution >= 0.6 is 15.9 Å². The SMILES string of the molecule is COc1cc(CN[C@@H](C)c2ccccc2)cc(Br)c1OCC(=O)NC(C)(C)C. The second kappa shape index (κ2) is 9.94. The molecule has 0 spiro atoms. The van der Waals surface area contributed by atoms with E-state index < -0.39 is 0 Å². The van der Waals surface area contributed by atoms with E-state index in [1.54, 1.807) is 7.11 Å². The molecule has 0 aliphatic rings. The lowest BCUT2D eigenvalue weighted by molar-refractivity contribution is -0.124. The maximum Gasteiger partial charge on any atom is 0.258 e. The van der Waals surface area contributed by atoms with Crippen LogP contribution < -0.4 is 20.1 Å². The van der Waals surface area contributed by atoms with Gasteiger partial charge in [-0.05, 0) is 66.9 Å². The van der Waals surface area contributed by atoms with Crippen molar-refractivity contribution in [3.05, 3.63) is 58.1 Å². The van der Waals surface area contributed by atoms with Gasteiger partial charge in [0.05, 0.1) is 11.6 Å². The Kier molecular flexibility index (Phi) is 7.89. The third-order valence-electron chi connectivity index (χ3n) is 4.06. The molecule has 0 unspecified atom stereocenters. The van der Waals surface area contributed by atoms with E-state index >= 15 is 0 Å². The zero-order chi connectivity index (χ0) is 20.7. The number of nitrogens with one attached hydrogen (secondary N) is 2. The molecule has 0 aliphatic carbocycles. The van der Waals surface area contributed by atoms with Crippen LogP contribution in [0.3, 0.4) is 0 Å². The molecule has 1 amide bonds. The largest absolute Gasteiger partial charge is 0.493 e. The van der Waals surface area contributed by atoms with Gasteiger partial charge in [0.2, 0.25) is 0 Å². The topological polar surface area (TPSA) is 59.6 Å². The van der Waals surface area contributed by atoms with E-state index in [1.165, 1.54) is 5.56 Å². The first-order valence-electron chi connectivity index (χ1n) is 9.28. The first-order valence-corrected chi connectivity index (χ1v) is 10.1. The molecule has 0 fully saturated rings. The van der Waals surface area contributed by atoms with Crippen molar-refractivity contribution in [3.63, 3.8) is 0 Å². The molecule has 0 heterocycles. The number of amides is 1. The smallest absolute Gasteiger partial charge is 0.258 e. The van der Waals surface area contributed by atoms with Crippen LogP contribution in [0.15, 0.2) is 46.9 Å². The normalized spacial score (nSPS) is 12.4. The summed E-state index contributed by atoms with van der Waals surface area (Å²) in [5, 5.41) is 6.38. The standard InChI is InChI=1S/C22H29BrN2O3/c1-15(17-9-7-6-8-10-17)24-13-16-11-18(23)21(19(12-16)27-5)28-14-20(26)25-22(2,3)4/h6-12,15,24H,13-14H2,1-5H3,(H,25,26)/t15-/m0/s1. The zero-order valence-corrected chi connectivity index (χ0v) is 18.7. The number of benzene rings is 2. The minimum absolute atomic E-state index is 0.0745. The summed E-state index contributed by atoms with van der Waals surface area (Å²) in [6.07, 6.45) is 0. The van der Waals surface area contributed by atoms with Crippen LogP contribution in [0.25, 0.3) is 0 Å². The average molecular weight is 449 g/mol. The Morgan fingerprint density at radius 2 is 1.86 bits per heavy atom. The van der Waals surface area contributed by atoms with E-state index in [-0.39, 0.29) is 24.1 Å². The molecule has 0 aromatic heterocycles. The zero-order valence-electron chi connectivity index (χ0n) is 17.1. The number of ether oxygens (including phenoxy) is 2. The molecule has 6 heteroatoms. The van der Waals surface area contributed by atoms with Crippen molar-refractivity contribution >= 4 is 21.8 Å². The summed E-state index contributed by atoms with van der Waals surface area (Å²) in [6.45, 7) is 8.52. The molecule has 2 aromatic rings. The Hall–Kier alpha value is -2.05. The van der Waals surface area contributed by atoms with Gasteiger partial charge >= 0.3 is 0 Å². The van der Waals surface area contributed by atoms with Gasteiger partial charge in [0, 0.05) is 18.1 Å². The van der Waals surface area contributed by atoms with Crippen LogP contribution in [-0.2, 0) is 11.3 Å². The van der Waals surface area contributed by atoms with Gasteiger partial charge in [0.1, 0.15) is 0 Å². The van der Waals surface area contributed by atoms with Crippen molar-refractivity contribution in [2.45, 2.75) is 45.8 Å². The molecule has 0 radical (unpaired) electrons. The molecule has 0 saturated carbocycles.